The van der Waals surface area contributed by atoms with Crippen molar-refractivity contribution in [2.45, 2.75) is 6.92 Å². The summed E-state index contributed by atoms with van der Waals surface area (Å²) >= 11 is 6.94. The second-order valence-corrected chi connectivity index (χ2v) is 4.28. The number of rotatable bonds is 0. The van der Waals surface area contributed by atoms with E-state index in [1.54, 1.807) is 11.3 Å². The van der Waals surface area contributed by atoms with Crippen molar-refractivity contribution in [1.82, 2.24) is 0 Å². The van der Waals surface area contributed by atoms with Crippen molar-refractivity contribution in [3.63, 3.8) is 0 Å². The SMILES string of the molecule is Cc1cc2c(s1)C(=S)CN=C2. The van der Waals surface area contributed by atoms with Crippen LogP contribution < -0.4 is 0 Å². The number of aliphatic imine (C=N–C) groups is 1. The van der Waals surface area contributed by atoms with E-state index in [0.717, 1.165) is 4.86 Å². The van der Waals surface area contributed by atoms with Crippen LogP contribution in [0.4, 0.5) is 0 Å². The lowest BCUT2D eigenvalue weighted by Crippen LogP contribution is -2.07. The van der Waals surface area contributed by atoms with Gasteiger partial charge in [-0.2, -0.15) is 0 Å². The summed E-state index contributed by atoms with van der Waals surface area (Å²) in [4.78, 5) is 7.69. The van der Waals surface area contributed by atoms with Gasteiger partial charge in [-0.05, 0) is 13.0 Å². The molecule has 0 radical (unpaired) electrons. The number of fused-ring (bicyclic) bond motifs is 1. The molecular formula is C8H7NS2. The maximum absolute atomic E-state index is 5.17. The first-order valence-electron chi connectivity index (χ1n) is 3.41. The molecule has 2 rings (SSSR count). The molecule has 0 saturated heterocycles. The van der Waals surface area contributed by atoms with Crippen LogP contribution in [0.2, 0.25) is 0 Å². The highest BCUT2D eigenvalue weighted by atomic mass is 32.1. The maximum atomic E-state index is 5.17. The number of hydrogen-bond donors (Lipinski definition) is 0. The monoisotopic (exact) mass is 181 g/mol. The summed E-state index contributed by atoms with van der Waals surface area (Å²) in [5.41, 5.74) is 1.20. The molecule has 0 spiro atoms. The molecule has 11 heavy (non-hydrogen) atoms. The minimum atomic E-state index is 0.697. The molecule has 0 unspecified atom stereocenters. The van der Waals surface area contributed by atoms with Crippen molar-refractivity contribution in [3.8, 4) is 0 Å². The molecule has 0 aromatic carbocycles. The molecule has 1 aliphatic rings. The molecular weight excluding hydrogens is 174 g/mol. The van der Waals surface area contributed by atoms with Gasteiger partial charge >= 0.3 is 0 Å². The maximum Gasteiger partial charge on any atom is 0.0755 e. The number of nitrogens with zero attached hydrogens (tertiary/aromatic N) is 1. The van der Waals surface area contributed by atoms with Crippen LogP contribution in [0.3, 0.4) is 0 Å². The zero-order valence-corrected chi connectivity index (χ0v) is 7.76. The van der Waals surface area contributed by atoms with Gasteiger partial charge in [0.05, 0.1) is 16.3 Å². The highest BCUT2D eigenvalue weighted by molar-refractivity contribution is 7.81. The molecule has 0 atom stereocenters. The summed E-state index contributed by atoms with van der Waals surface area (Å²) in [6.45, 7) is 2.79. The van der Waals surface area contributed by atoms with Gasteiger partial charge in [0.1, 0.15) is 0 Å². The molecule has 2 heterocycles. The Labute approximate surface area is 74.8 Å². The van der Waals surface area contributed by atoms with E-state index in [1.807, 2.05) is 6.21 Å². The van der Waals surface area contributed by atoms with Crippen LogP contribution in [0.15, 0.2) is 11.1 Å². The van der Waals surface area contributed by atoms with Gasteiger partial charge in [0.25, 0.3) is 0 Å². The van der Waals surface area contributed by atoms with Gasteiger partial charge < -0.3 is 0 Å². The molecule has 0 aliphatic carbocycles. The van der Waals surface area contributed by atoms with Crippen molar-refractivity contribution in [2.75, 3.05) is 6.54 Å². The summed E-state index contributed by atoms with van der Waals surface area (Å²) in [6, 6.07) is 2.13. The fraction of sp³-hybridized carbons (Fsp3) is 0.250. The molecule has 0 bridgehead atoms. The van der Waals surface area contributed by atoms with E-state index in [4.69, 9.17) is 12.2 Å². The number of thiocarbonyl (C=S) groups is 1. The Morgan fingerprint density at radius 3 is 3.18 bits per heavy atom. The first-order valence-corrected chi connectivity index (χ1v) is 4.63. The van der Waals surface area contributed by atoms with Crippen LogP contribution in [0.25, 0.3) is 0 Å². The Morgan fingerprint density at radius 1 is 1.64 bits per heavy atom. The van der Waals surface area contributed by atoms with Crippen LogP contribution in [-0.4, -0.2) is 17.6 Å². The first-order chi connectivity index (χ1) is 5.27. The van der Waals surface area contributed by atoms with Gasteiger partial charge in [0, 0.05) is 16.7 Å². The fourth-order valence-electron chi connectivity index (χ4n) is 1.15. The average molecular weight is 181 g/mol. The molecule has 1 aromatic rings. The van der Waals surface area contributed by atoms with Crippen molar-refractivity contribution in [1.29, 1.82) is 0 Å². The molecule has 0 saturated carbocycles. The quantitative estimate of drug-likeness (QED) is 0.559. The molecule has 0 fully saturated rings. The average Bonchev–Trinajstić information content (AvgIpc) is 2.31. The Morgan fingerprint density at radius 2 is 2.45 bits per heavy atom. The minimum absolute atomic E-state index is 0.697. The topological polar surface area (TPSA) is 12.4 Å². The summed E-state index contributed by atoms with van der Waals surface area (Å²) in [5, 5.41) is 0. The van der Waals surface area contributed by atoms with Gasteiger partial charge in [0.15, 0.2) is 0 Å². The number of thiophene rings is 1. The molecule has 1 aromatic heterocycles. The van der Waals surface area contributed by atoms with E-state index in [9.17, 15) is 0 Å². The standard InChI is InChI=1S/C8H7NS2/c1-5-2-6-3-9-4-7(10)8(6)11-5/h2-3H,4H2,1H3. The van der Waals surface area contributed by atoms with Crippen LogP contribution in [0, 0.1) is 6.92 Å². The molecule has 1 aliphatic heterocycles. The number of aryl methyl sites for hydroxylation is 1. The van der Waals surface area contributed by atoms with Crippen molar-refractivity contribution in [2.24, 2.45) is 4.99 Å². The summed E-state index contributed by atoms with van der Waals surface area (Å²) in [5.74, 6) is 0. The lowest BCUT2D eigenvalue weighted by Gasteiger charge is -2.03. The third-order valence-corrected chi connectivity index (χ3v) is 3.19. The van der Waals surface area contributed by atoms with Crippen molar-refractivity contribution >= 4 is 34.6 Å². The number of hydrogen-bond acceptors (Lipinski definition) is 3. The van der Waals surface area contributed by atoms with E-state index in [0.29, 0.717) is 6.54 Å². The smallest absolute Gasteiger partial charge is 0.0755 e. The largest absolute Gasteiger partial charge is 0.287 e. The van der Waals surface area contributed by atoms with Crippen molar-refractivity contribution in [3.05, 3.63) is 21.4 Å². The normalized spacial score (nSPS) is 15.2. The van der Waals surface area contributed by atoms with Crippen LogP contribution >= 0.6 is 23.6 Å². The lowest BCUT2D eigenvalue weighted by molar-refractivity contribution is 1.32. The van der Waals surface area contributed by atoms with E-state index >= 15 is 0 Å². The first kappa shape index (κ1) is 7.13. The van der Waals surface area contributed by atoms with Crippen LogP contribution in [0.5, 0.6) is 0 Å². The van der Waals surface area contributed by atoms with Gasteiger partial charge in [-0.3, -0.25) is 4.99 Å². The Hall–Kier alpha value is -0.540. The molecule has 0 N–H and O–H groups in total. The highest BCUT2D eigenvalue weighted by Gasteiger charge is 2.12. The van der Waals surface area contributed by atoms with Gasteiger partial charge in [-0.15, -0.1) is 11.3 Å². The molecule has 3 heteroatoms. The van der Waals surface area contributed by atoms with Gasteiger partial charge in [-0.1, -0.05) is 12.2 Å². The third-order valence-electron chi connectivity index (χ3n) is 1.60. The Kier molecular flexibility index (Phi) is 1.62. The predicted octanol–water partition coefficient (Wildman–Crippen LogP) is 2.21. The molecule has 0 amide bonds. The third kappa shape index (κ3) is 1.14. The second-order valence-electron chi connectivity index (χ2n) is 2.53. The predicted molar refractivity (Wildman–Crippen MR) is 53.2 cm³/mol. The summed E-state index contributed by atoms with van der Waals surface area (Å²) in [7, 11) is 0. The highest BCUT2D eigenvalue weighted by Crippen LogP contribution is 2.23. The van der Waals surface area contributed by atoms with E-state index in [1.165, 1.54) is 15.3 Å². The van der Waals surface area contributed by atoms with E-state index in [-0.39, 0.29) is 0 Å². The lowest BCUT2D eigenvalue weighted by atomic mass is 10.2. The Balaban J connectivity index is 2.62. The summed E-state index contributed by atoms with van der Waals surface area (Å²) < 4.78 is 0. The zero-order valence-electron chi connectivity index (χ0n) is 6.13. The van der Waals surface area contributed by atoms with Gasteiger partial charge in [0.2, 0.25) is 0 Å². The second kappa shape index (κ2) is 2.50. The van der Waals surface area contributed by atoms with Gasteiger partial charge in [-0.25, -0.2) is 0 Å². The van der Waals surface area contributed by atoms with E-state index in [2.05, 4.69) is 18.0 Å². The Bertz CT molecular complexity index is 336. The summed E-state index contributed by atoms with van der Waals surface area (Å²) in [6.07, 6.45) is 1.91. The fourth-order valence-corrected chi connectivity index (χ4v) is 2.38. The molecule has 1 nitrogen and oxygen atoms in total. The van der Waals surface area contributed by atoms with E-state index < -0.39 is 0 Å². The zero-order chi connectivity index (χ0) is 7.84. The minimum Gasteiger partial charge on any atom is -0.287 e. The van der Waals surface area contributed by atoms with Crippen LogP contribution in [0.1, 0.15) is 15.3 Å². The van der Waals surface area contributed by atoms with Crippen molar-refractivity contribution < 1.29 is 0 Å². The van der Waals surface area contributed by atoms with Crippen LogP contribution in [-0.2, 0) is 0 Å². The molecule has 56 valence electrons.